The van der Waals surface area contributed by atoms with Gasteiger partial charge in [0.1, 0.15) is 0 Å². The highest BCUT2D eigenvalue weighted by Crippen LogP contribution is 2.27. The van der Waals surface area contributed by atoms with Gasteiger partial charge in [-0.25, -0.2) is 4.98 Å². The van der Waals surface area contributed by atoms with E-state index in [1.165, 1.54) is 11.1 Å². The molecule has 0 radical (unpaired) electrons. The molecule has 0 fully saturated rings. The van der Waals surface area contributed by atoms with E-state index in [4.69, 9.17) is 0 Å². The van der Waals surface area contributed by atoms with Crippen LogP contribution in [-0.4, -0.2) is 12.0 Å². The quantitative estimate of drug-likeness (QED) is 0.918. The van der Waals surface area contributed by atoms with Crippen molar-refractivity contribution in [2.75, 3.05) is 7.05 Å². The lowest BCUT2D eigenvalue weighted by molar-refractivity contribution is 0.583. The van der Waals surface area contributed by atoms with Gasteiger partial charge >= 0.3 is 0 Å². The lowest BCUT2D eigenvalue weighted by Gasteiger charge is -2.17. The number of nitrogens with zero attached hydrogens (tertiary/aromatic N) is 1. The van der Waals surface area contributed by atoms with Gasteiger partial charge in [0.05, 0.1) is 10.7 Å². The lowest BCUT2D eigenvalue weighted by atomic mass is 10.0. The van der Waals surface area contributed by atoms with E-state index >= 15 is 0 Å². The van der Waals surface area contributed by atoms with Gasteiger partial charge in [0, 0.05) is 22.3 Å². The third-order valence-electron chi connectivity index (χ3n) is 2.96. The van der Waals surface area contributed by atoms with Crippen LogP contribution in [0.5, 0.6) is 0 Å². The van der Waals surface area contributed by atoms with E-state index in [2.05, 4.69) is 56.7 Å². The number of aromatic nitrogens is 1. The number of benzene rings is 1. The Labute approximate surface area is 121 Å². The Kier molecular flexibility index (Phi) is 4.54. The van der Waals surface area contributed by atoms with E-state index in [1.54, 1.807) is 11.3 Å². The molecular formula is C14H17BrN2S. The zero-order valence-corrected chi connectivity index (χ0v) is 13.2. The van der Waals surface area contributed by atoms with Gasteiger partial charge in [-0.3, -0.25) is 0 Å². The molecule has 0 amide bonds. The number of hydrogen-bond donors (Lipinski definition) is 1. The molecule has 0 aliphatic heterocycles. The summed E-state index contributed by atoms with van der Waals surface area (Å²) in [6, 6.07) is 6.78. The predicted octanol–water partition coefficient (Wildman–Crippen LogP) is 4.03. The minimum atomic E-state index is 0.293. The minimum absolute atomic E-state index is 0.293. The van der Waals surface area contributed by atoms with Gasteiger partial charge < -0.3 is 5.32 Å². The Balaban J connectivity index is 2.22. The molecule has 1 unspecified atom stereocenters. The average molecular weight is 325 g/mol. The topological polar surface area (TPSA) is 24.9 Å². The van der Waals surface area contributed by atoms with E-state index in [1.807, 2.05) is 14.0 Å². The number of hydrogen-bond acceptors (Lipinski definition) is 3. The second-order valence-electron chi connectivity index (χ2n) is 4.43. The van der Waals surface area contributed by atoms with Crippen molar-refractivity contribution in [3.05, 3.63) is 49.9 Å². The van der Waals surface area contributed by atoms with E-state index in [9.17, 15) is 0 Å². The van der Waals surface area contributed by atoms with Crippen LogP contribution in [0.25, 0.3) is 0 Å². The average Bonchev–Trinajstić information content (AvgIpc) is 2.72. The van der Waals surface area contributed by atoms with Crippen LogP contribution in [0.2, 0.25) is 0 Å². The molecule has 0 saturated carbocycles. The summed E-state index contributed by atoms with van der Waals surface area (Å²) in [5, 5.41) is 6.64. The molecule has 1 heterocycles. The van der Waals surface area contributed by atoms with Gasteiger partial charge in [0.25, 0.3) is 0 Å². The van der Waals surface area contributed by atoms with E-state index in [0.717, 1.165) is 21.6 Å². The molecule has 0 aliphatic carbocycles. The third kappa shape index (κ3) is 3.19. The van der Waals surface area contributed by atoms with Crippen molar-refractivity contribution < 1.29 is 0 Å². The van der Waals surface area contributed by atoms with Crippen LogP contribution in [0, 0.1) is 13.8 Å². The Morgan fingerprint density at radius 1 is 1.39 bits per heavy atom. The van der Waals surface area contributed by atoms with Gasteiger partial charge in [0.15, 0.2) is 0 Å². The molecule has 2 aromatic rings. The Morgan fingerprint density at radius 3 is 2.72 bits per heavy atom. The standard InChI is InChI=1S/C14H17BrN2S/c1-9-4-5-12(13(15)6-9)14(16-3)7-11-8-18-10(2)17-11/h4-6,8,14,16H,7H2,1-3H3. The van der Waals surface area contributed by atoms with Crippen molar-refractivity contribution in [2.45, 2.75) is 26.3 Å². The van der Waals surface area contributed by atoms with Crippen molar-refractivity contribution in [1.29, 1.82) is 0 Å². The molecular weight excluding hydrogens is 308 g/mol. The molecule has 0 saturated heterocycles. The lowest BCUT2D eigenvalue weighted by Crippen LogP contribution is -2.19. The highest BCUT2D eigenvalue weighted by molar-refractivity contribution is 9.10. The maximum absolute atomic E-state index is 4.53. The van der Waals surface area contributed by atoms with Crippen molar-refractivity contribution in [3.8, 4) is 0 Å². The molecule has 0 spiro atoms. The number of thiazole rings is 1. The molecule has 18 heavy (non-hydrogen) atoms. The molecule has 1 aromatic carbocycles. The molecule has 4 heteroatoms. The summed E-state index contributed by atoms with van der Waals surface area (Å²) >= 11 is 5.36. The summed E-state index contributed by atoms with van der Waals surface area (Å²) in [5.74, 6) is 0. The second kappa shape index (κ2) is 5.95. The SMILES string of the molecule is CNC(Cc1csc(C)n1)c1ccc(C)cc1Br. The van der Waals surface area contributed by atoms with Gasteiger partial charge in [-0.2, -0.15) is 0 Å². The van der Waals surface area contributed by atoms with Crippen LogP contribution in [-0.2, 0) is 6.42 Å². The van der Waals surface area contributed by atoms with E-state index < -0.39 is 0 Å². The number of nitrogens with one attached hydrogen (secondary N) is 1. The summed E-state index contributed by atoms with van der Waals surface area (Å²) in [6.07, 6.45) is 0.919. The molecule has 0 bridgehead atoms. The molecule has 96 valence electrons. The van der Waals surface area contributed by atoms with E-state index in [-0.39, 0.29) is 0 Å². The Bertz CT molecular complexity index is 536. The smallest absolute Gasteiger partial charge is 0.0897 e. The largest absolute Gasteiger partial charge is 0.313 e. The number of aryl methyl sites for hydroxylation is 2. The normalized spacial score (nSPS) is 12.7. The Hall–Kier alpha value is -0.710. The number of rotatable bonds is 4. The first-order valence-electron chi connectivity index (χ1n) is 5.94. The molecule has 1 aromatic heterocycles. The van der Waals surface area contributed by atoms with Gasteiger partial charge in [-0.1, -0.05) is 28.1 Å². The first kappa shape index (κ1) is 13.7. The summed E-state index contributed by atoms with van der Waals surface area (Å²) in [4.78, 5) is 4.53. The highest BCUT2D eigenvalue weighted by Gasteiger charge is 2.14. The van der Waals surface area contributed by atoms with Crippen LogP contribution in [0.1, 0.15) is 27.9 Å². The van der Waals surface area contributed by atoms with Crippen molar-refractivity contribution >= 4 is 27.3 Å². The fourth-order valence-electron chi connectivity index (χ4n) is 1.99. The predicted molar refractivity (Wildman–Crippen MR) is 81.2 cm³/mol. The third-order valence-corrected chi connectivity index (χ3v) is 4.47. The minimum Gasteiger partial charge on any atom is -0.313 e. The molecule has 2 nitrogen and oxygen atoms in total. The van der Waals surface area contributed by atoms with Crippen molar-refractivity contribution in [2.24, 2.45) is 0 Å². The van der Waals surface area contributed by atoms with Gasteiger partial charge in [-0.15, -0.1) is 11.3 Å². The van der Waals surface area contributed by atoms with Crippen LogP contribution in [0.15, 0.2) is 28.1 Å². The van der Waals surface area contributed by atoms with Crippen LogP contribution >= 0.6 is 27.3 Å². The summed E-state index contributed by atoms with van der Waals surface area (Å²) < 4.78 is 1.16. The second-order valence-corrected chi connectivity index (χ2v) is 6.34. The fourth-order valence-corrected chi connectivity index (χ4v) is 3.39. The zero-order valence-electron chi connectivity index (χ0n) is 10.8. The van der Waals surface area contributed by atoms with E-state index in [0.29, 0.717) is 6.04 Å². The molecule has 1 N–H and O–H groups in total. The summed E-state index contributed by atoms with van der Waals surface area (Å²) in [6.45, 7) is 4.15. The first-order valence-corrected chi connectivity index (χ1v) is 7.61. The molecule has 1 atom stereocenters. The molecule has 2 rings (SSSR count). The first-order chi connectivity index (χ1) is 8.60. The van der Waals surface area contributed by atoms with Gasteiger partial charge in [0.2, 0.25) is 0 Å². The summed E-state index contributed by atoms with van der Waals surface area (Å²) in [5.41, 5.74) is 3.71. The molecule has 0 aliphatic rings. The zero-order chi connectivity index (χ0) is 13.1. The monoisotopic (exact) mass is 324 g/mol. The maximum Gasteiger partial charge on any atom is 0.0897 e. The van der Waals surface area contributed by atoms with Crippen LogP contribution in [0.3, 0.4) is 0 Å². The highest BCUT2D eigenvalue weighted by atomic mass is 79.9. The fraction of sp³-hybridized carbons (Fsp3) is 0.357. The van der Waals surface area contributed by atoms with Crippen molar-refractivity contribution in [1.82, 2.24) is 10.3 Å². The van der Waals surface area contributed by atoms with Crippen LogP contribution < -0.4 is 5.32 Å². The Morgan fingerprint density at radius 2 is 2.17 bits per heavy atom. The maximum atomic E-state index is 4.53. The van der Waals surface area contributed by atoms with Crippen LogP contribution in [0.4, 0.5) is 0 Å². The van der Waals surface area contributed by atoms with Gasteiger partial charge in [-0.05, 0) is 38.1 Å². The summed E-state index contributed by atoms with van der Waals surface area (Å²) in [7, 11) is 2.00. The number of likely N-dealkylation sites (N-methyl/N-ethyl adjacent to an activating group) is 1. The number of halogens is 1. The van der Waals surface area contributed by atoms with Crippen molar-refractivity contribution in [3.63, 3.8) is 0 Å².